The smallest absolute Gasteiger partial charge is 0.194 e. The van der Waals surface area contributed by atoms with Gasteiger partial charge in [0.05, 0.1) is 6.10 Å². The fourth-order valence-electron chi connectivity index (χ4n) is 2.62. The average molecular weight is 298 g/mol. The van der Waals surface area contributed by atoms with Crippen LogP contribution in [0.15, 0.2) is 4.99 Å². The van der Waals surface area contributed by atoms with Crippen LogP contribution in [0.5, 0.6) is 0 Å². The molecule has 5 heteroatoms. The molecule has 0 aromatic rings. The minimum absolute atomic E-state index is 0.189. The van der Waals surface area contributed by atoms with E-state index in [4.69, 9.17) is 0 Å². The van der Waals surface area contributed by atoms with E-state index in [-0.39, 0.29) is 6.10 Å². The number of aliphatic imine (C=N–C) groups is 1. The molecule has 21 heavy (non-hydrogen) atoms. The Labute approximate surface area is 130 Å². The van der Waals surface area contributed by atoms with Crippen LogP contribution >= 0.6 is 0 Å². The summed E-state index contributed by atoms with van der Waals surface area (Å²) in [6.07, 6.45) is 7.01. The maximum absolute atomic E-state index is 9.62. The summed E-state index contributed by atoms with van der Waals surface area (Å²) in [4.78, 5) is 9.11. The fraction of sp³-hybridized carbons (Fsp3) is 0.938. The lowest BCUT2D eigenvalue weighted by Gasteiger charge is -2.20. The Hall–Kier alpha value is -0.810. The maximum Gasteiger partial charge on any atom is 0.194 e. The molecule has 2 N–H and O–H groups in total. The standard InChI is InChI=1S/C16H34N4O/c1-4-17-16(20-13-10-15(21)14-20)18-11-8-6-5-7-9-12-19(2)3/h15,21H,4-14H2,1-3H3,(H,17,18)/t15-/m1/s1. The lowest BCUT2D eigenvalue weighted by Crippen LogP contribution is -2.40. The lowest BCUT2D eigenvalue weighted by molar-refractivity contribution is 0.188. The van der Waals surface area contributed by atoms with Crippen LogP contribution < -0.4 is 5.32 Å². The van der Waals surface area contributed by atoms with E-state index >= 15 is 0 Å². The van der Waals surface area contributed by atoms with Crippen molar-refractivity contribution in [1.29, 1.82) is 0 Å². The van der Waals surface area contributed by atoms with Gasteiger partial charge in [0, 0.05) is 26.2 Å². The summed E-state index contributed by atoms with van der Waals surface area (Å²) in [5.74, 6) is 0.974. The topological polar surface area (TPSA) is 51.1 Å². The highest BCUT2D eigenvalue weighted by atomic mass is 16.3. The number of guanidine groups is 1. The maximum atomic E-state index is 9.62. The van der Waals surface area contributed by atoms with Gasteiger partial charge >= 0.3 is 0 Å². The number of nitrogens with one attached hydrogen (secondary N) is 1. The van der Waals surface area contributed by atoms with Gasteiger partial charge in [-0.25, -0.2) is 0 Å². The van der Waals surface area contributed by atoms with Crippen molar-refractivity contribution in [2.45, 2.75) is 51.6 Å². The molecule has 5 nitrogen and oxygen atoms in total. The summed E-state index contributed by atoms with van der Waals surface area (Å²) < 4.78 is 0. The van der Waals surface area contributed by atoms with Crippen molar-refractivity contribution in [1.82, 2.24) is 15.1 Å². The molecule has 0 aliphatic carbocycles. The molecule has 0 saturated carbocycles. The van der Waals surface area contributed by atoms with Gasteiger partial charge in [-0.3, -0.25) is 4.99 Å². The van der Waals surface area contributed by atoms with Crippen LogP contribution in [-0.4, -0.2) is 73.8 Å². The molecule has 0 aromatic carbocycles. The molecule has 1 rings (SSSR count). The van der Waals surface area contributed by atoms with Gasteiger partial charge in [0.1, 0.15) is 0 Å². The number of rotatable bonds is 9. The molecule has 1 heterocycles. The lowest BCUT2D eigenvalue weighted by atomic mass is 10.1. The van der Waals surface area contributed by atoms with Crippen LogP contribution in [0.1, 0.15) is 45.4 Å². The normalized spacial score (nSPS) is 19.6. The zero-order valence-corrected chi connectivity index (χ0v) is 14.1. The van der Waals surface area contributed by atoms with E-state index in [9.17, 15) is 5.11 Å². The molecule has 1 aliphatic heterocycles. The summed E-state index contributed by atoms with van der Waals surface area (Å²) in [7, 11) is 4.26. The van der Waals surface area contributed by atoms with E-state index in [0.717, 1.165) is 45.0 Å². The number of hydrogen-bond acceptors (Lipinski definition) is 3. The second kappa shape index (κ2) is 10.9. The number of nitrogens with zero attached hydrogens (tertiary/aromatic N) is 3. The highest BCUT2D eigenvalue weighted by Crippen LogP contribution is 2.09. The van der Waals surface area contributed by atoms with Gasteiger partial charge < -0.3 is 20.2 Å². The fourth-order valence-corrected chi connectivity index (χ4v) is 2.62. The summed E-state index contributed by atoms with van der Waals surface area (Å²) in [6, 6.07) is 0. The van der Waals surface area contributed by atoms with Crippen molar-refractivity contribution < 1.29 is 5.11 Å². The summed E-state index contributed by atoms with van der Waals surface area (Å²) >= 11 is 0. The van der Waals surface area contributed by atoms with E-state index in [2.05, 4.69) is 41.1 Å². The van der Waals surface area contributed by atoms with Crippen molar-refractivity contribution in [2.24, 2.45) is 4.99 Å². The van der Waals surface area contributed by atoms with E-state index < -0.39 is 0 Å². The number of hydrogen-bond donors (Lipinski definition) is 2. The van der Waals surface area contributed by atoms with Crippen LogP contribution in [-0.2, 0) is 0 Å². The molecular weight excluding hydrogens is 264 g/mol. The van der Waals surface area contributed by atoms with Crippen LogP contribution in [0, 0.1) is 0 Å². The molecule has 0 amide bonds. The number of aliphatic hydroxyl groups is 1. The van der Waals surface area contributed by atoms with Gasteiger partial charge in [-0.05, 0) is 46.8 Å². The van der Waals surface area contributed by atoms with Gasteiger partial charge in [0.15, 0.2) is 5.96 Å². The monoisotopic (exact) mass is 298 g/mol. The Balaban J connectivity index is 2.13. The third-order valence-electron chi connectivity index (χ3n) is 3.82. The number of β-amino-alcohol motifs (C(OH)–C–C–N with tert-alkyl or cyclic N) is 1. The Morgan fingerprint density at radius 1 is 1.24 bits per heavy atom. The summed E-state index contributed by atoms with van der Waals surface area (Å²) in [5.41, 5.74) is 0. The minimum Gasteiger partial charge on any atom is -0.391 e. The first-order chi connectivity index (χ1) is 10.1. The number of unbranched alkanes of at least 4 members (excludes halogenated alkanes) is 4. The molecule has 0 aromatic heterocycles. The highest BCUT2D eigenvalue weighted by Gasteiger charge is 2.22. The molecular formula is C16H34N4O. The quantitative estimate of drug-likeness (QED) is 0.385. The van der Waals surface area contributed by atoms with E-state index in [1.54, 1.807) is 0 Å². The SMILES string of the molecule is CCNC(=NCCCCCCCN(C)C)N1CC[C@@H](O)C1. The van der Waals surface area contributed by atoms with Crippen molar-refractivity contribution in [3.05, 3.63) is 0 Å². The molecule has 124 valence electrons. The number of aliphatic hydroxyl groups excluding tert-OH is 1. The van der Waals surface area contributed by atoms with Crippen LogP contribution in [0.2, 0.25) is 0 Å². The van der Waals surface area contributed by atoms with Gasteiger partial charge in [-0.15, -0.1) is 0 Å². The van der Waals surface area contributed by atoms with Crippen LogP contribution in [0.3, 0.4) is 0 Å². The van der Waals surface area contributed by atoms with Gasteiger partial charge in [0.25, 0.3) is 0 Å². The third kappa shape index (κ3) is 8.27. The predicted octanol–water partition coefficient (Wildman–Crippen LogP) is 1.53. The predicted molar refractivity (Wildman–Crippen MR) is 89.8 cm³/mol. The third-order valence-corrected chi connectivity index (χ3v) is 3.82. The van der Waals surface area contributed by atoms with Crippen LogP contribution in [0.25, 0.3) is 0 Å². The van der Waals surface area contributed by atoms with E-state index in [1.807, 2.05) is 0 Å². The van der Waals surface area contributed by atoms with Gasteiger partial charge in [-0.1, -0.05) is 19.3 Å². The zero-order valence-electron chi connectivity index (χ0n) is 14.1. The summed E-state index contributed by atoms with van der Waals surface area (Å²) in [6.45, 7) is 6.69. The highest BCUT2D eigenvalue weighted by molar-refractivity contribution is 5.80. The van der Waals surface area contributed by atoms with Crippen LogP contribution in [0.4, 0.5) is 0 Å². The van der Waals surface area contributed by atoms with Crippen molar-refractivity contribution in [2.75, 3.05) is 46.8 Å². The molecule has 1 atom stereocenters. The first-order valence-electron chi connectivity index (χ1n) is 8.49. The Morgan fingerprint density at radius 2 is 1.95 bits per heavy atom. The first-order valence-corrected chi connectivity index (χ1v) is 8.49. The molecule has 0 spiro atoms. The molecule has 0 radical (unpaired) electrons. The molecule has 1 saturated heterocycles. The number of likely N-dealkylation sites (tertiary alicyclic amines) is 1. The average Bonchev–Trinajstić information content (AvgIpc) is 2.86. The van der Waals surface area contributed by atoms with Gasteiger partial charge in [-0.2, -0.15) is 0 Å². The Kier molecular flexibility index (Phi) is 9.42. The molecule has 1 aliphatic rings. The van der Waals surface area contributed by atoms with Crippen molar-refractivity contribution in [3.63, 3.8) is 0 Å². The van der Waals surface area contributed by atoms with E-state index in [0.29, 0.717) is 0 Å². The summed E-state index contributed by atoms with van der Waals surface area (Å²) in [5, 5.41) is 12.9. The zero-order chi connectivity index (χ0) is 15.5. The largest absolute Gasteiger partial charge is 0.391 e. The van der Waals surface area contributed by atoms with Crippen molar-refractivity contribution in [3.8, 4) is 0 Å². The Morgan fingerprint density at radius 3 is 2.57 bits per heavy atom. The minimum atomic E-state index is -0.189. The second-order valence-corrected chi connectivity index (χ2v) is 6.20. The molecule has 1 fully saturated rings. The van der Waals surface area contributed by atoms with E-state index in [1.165, 1.54) is 32.2 Å². The first kappa shape index (κ1) is 18.2. The molecule has 0 bridgehead atoms. The Bertz CT molecular complexity index is 294. The van der Waals surface area contributed by atoms with Gasteiger partial charge in [0.2, 0.25) is 0 Å². The van der Waals surface area contributed by atoms with Crippen molar-refractivity contribution >= 4 is 5.96 Å². The second-order valence-electron chi connectivity index (χ2n) is 6.20. The molecule has 0 unspecified atom stereocenters.